The van der Waals surface area contributed by atoms with Gasteiger partial charge in [-0.25, -0.2) is 0 Å². The van der Waals surface area contributed by atoms with Gasteiger partial charge in [0.15, 0.2) is 0 Å². The number of aliphatic hydroxyl groups is 1. The average molecular weight is 303 g/mol. The van der Waals surface area contributed by atoms with Crippen molar-refractivity contribution in [3.05, 3.63) is 65.4 Å². The number of hydrogen-bond acceptors (Lipinski definition) is 3. The number of fused-ring (bicyclic) bond motifs is 7. The Morgan fingerprint density at radius 2 is 1.82 bits per heavy atom. The number of aromatic nitrogens is 1. The number of pyridine rings is 1. The highest BCUT2D eigenvalue weighted by molar-refractivity contribution is 7.26. The SMILES string of the molecule is Cc1nc2c(c3c1sc1ccccc13)C(O)c1ccccc1-2. The lowest BCUT2D eigenvalue weighted by molar-refractivity contribution is 0.226. The van der Waals surface area contributed by atoms with Gasteiger partial charge >= 0.3 is 0 Å². The Hall–Kier alpha value is -2.23. The first-order valence-corrected chi connectivity index (χ1v) is 8.16. The molecule has 0 amide bonds. The van der Waals surface area contributed by atoms with Crippen molar-refractivity contribution in [2.75, 3.05) is 0 Å². The molecule has 1 atom stereocenters. The first-order valence-electron chi connectivity index (χ1n) is 7.35. The number of hydrogen-bond donors (Lipinski definition) is 1. The molecule has 0 saturated carbocycles. The van der Waals surface area contributed by atoms with Gasteiger partial charge in [0.2, 0.25) is 0 Å². The van der Waals surface area contributed by atoms with Crippen molar-refractivity contribution in [2.45, 2.75) is 13.0 Å². The summed E-state index contributed by atoms with van der Waals surface area (Å²) in [6.45, 7) is 2.06. The molecule has 0 aliphatic heterocycles. The first-order chi connectivity index (χ1) is 10.8. The molecule has 106 valence electrons. The Kier molecular flexibility index (Phi) is 2.33. The van der Waals surface area contributed by atoms with Gasteiger partial charge in [0.25, 0.3) is 0 Å². The molecule has 0 fully saturated rings. The summed E-state index contributed by atoms with van der Waals surface area (Å²) >= 11 is 1.76. The Bertz CT molecular complexity index is 1060. The normalized spacial score (nSPS) is 16.2. The van der Waals surface area contributed by atoms with Crippen molar-refractivity contribution in [3.63, 3.8) is 0 Å². The van der Waals surface area contributed by atoms with Crippen LogP contribution in [0.5, 0.6) is 0 Å². The van der Waals surface area contributed by atoms with Crippen LogP contribution in [-0.2, 0) is 0 Å². The molecule has 0 spiro atoms. The predicted octanol–water partition coefficient (Wildman–Crippen LogP) is 4.82. The molecule has 1 unspecified atom stereocenters. The second kappa shape index (κ2) is 4.15. The van der Waals surface area contributed by atoms with Crippen LogP contribution in [-0.4, -0.2) is 10.1 Å². The fourth-order valence-corrected chi connectivity index (χ4v) is 4.70. The zero-order valence-electron chi connectivity index (χ0n) is 12.0. The van der Waals surface area contributed by atoms with Gasteiger partial charge < -0.3 is 5.11 Å². The minimum absolute atomic E-state index is 0.584. The van der Waals surface area contributed by atoms with Crippen LogP contribution >= 0.6 is 11.3 Å². The van der Waals surface area contributed by atoms with E-state index in [1.54, 1.807) is 11.3 Å². The van der Waals surface area contributed by atoms with Crippen molar-refractivity contribution in [2.24, 2.45) is 0 Å². The number of thiophene rings is 1. The summed E-state index contributed by atoms with van der Waals surface area (Å²) in [4.78, 5) is 4.82. The lowest BCUT2D eigenvalue weighted by Gasteiger charge is -2.08. The van der Waals surface area contributed by atoms with Crippen LogP contribution < -0.4 is 0 Å². The quantitative estimate of drug-likeness (QED) is 0.505. The van der Waals surface area contributed by atoms with Gasteiger partial charge in [-0.3, -0.25) is 4.98 Å². The number of benzene rings is 2. The molecule has 1 N–H and O–H groups in total. The van der Waals surface area contributed by atoms with E-state index in [0.29, 0.717) is 0 Å². The Morgan fingerprint density at radius 1 is 1.05 bits per heavy atom. The summed E-state index contributed by atoms with van der Waals surface area (Å²) in [7, 11) is 0. The van der Waals surface area contributed by atoms with Gasteiger partial charge in [0, 0.05) is 26.6 Å². The van der Waals surface area contributed by atoms with Crippen molar-refractivity contribution in [3.8, 4) is 11.3 Å². The smallest absolute Gasteiger partial charge is 0.107 e. The number of rotatable bonds is 0. The Balaban J connectivity index is 2.03. The number of nitrogens with zero attached hydrogens (tertiary/aromatic N) is 1. The maximum Gasteiger partial charge on any atom is 0.107 e. The van der Waals surface area contributed by atoms with E-state index in [1.165, 1.54) is 20.2 Å². The van der Waals surface area contributed by atoms with Crippen molar-refractivity contribution >= 4 is 31.5 Å². The summed E-state index contributed by atoms with van der Waals surface area (Å²) < 4.78 is 2.44. The van der Waals surface area contributed by atoms with Crippen molar-refractivity contribution < 1.29 is 5.11 Å². The van der Waals surface area contributed by atoms with Crippen LogP contribution in [0.15, 0.2) is 48.5 Å². The van der Waals surface area contributed by atoms with E-state index in [2.05, 4.69) is 37.3 Å². The van der Waals surface area contributed by atoms with E-state index in [-0.39, 0.29) is 0 Å². The third kappa shape index (κ3) is 1.40. The Morgan fingerprint density at radius 3 is 2.73 bits per heavy atom. The average Bonchev–Trinajstić information content (AvgIpc) is 3.06. The summed E-state index contributed by atoms with van der Waals surface area (Å²) in [5.41, 5.74) is 4.98. The fourth-order valence-electron chi connectivity index (χ4n) is 3.54. The van der Waals surface area contributed by atoms with Gasteiger partial charge in [0.1, 0.15) is 6.10 Å². The molecule has 2 heterocycles. The molecule has 2 aromatic heterocycles. The van der Waals surface area contributed by atoms with Crippen LogP contribution in [0, 0.1) is 6.92 Å². The highest BCUT2D eigenvalue weighted by Crippen LogP contribution is 2.49. The van der Waals surface area contributed by atoms with Gasteiger partial charge in [0.05, 0.1) is 16.1 Å². The molecular formula is C19H13NOS. The van der Waals surface area contributed by atoms with Gasteiger partial charge in [-0.05, 0) is 18.6 Å². The van der Waals surface area contributed by atoms with E-state index in [0.717, 1.165) is 28.1 Å². The van der Waals surface area contributed by atoms with Crippen molar-refractivity contribution in [1.29, 1.82) is 0 Å². The van der Waals surface area contributed by atoms with E-state index in [1.807, 2.05) is 18.2 Å². The number of aryl methyl sites for hydroxylation is 1. The standard InChI is InChI=1S/C19H13NOS/c1-10-19-15(13-8-4-5-9-14(13)22-19)16-17(20-10)11-6-2-3-7-12(11)18(16)21/h2-9,18,21H,1H3. The highest BCUT2D eigenvalue weighted by atomic mass is 32.1. The zero-order chi connectivity index (χ0) is 14.8. The topological polar surface area (TPSA) is 33.1 Å². The molecule has 4 aromatic rings. The predicted molar refractivity (Wildman–Crippen MR) is 91.4 cm³/mol. The van der Waals surface area contributed by atoms with Crippen LogP contribution in [0.1, 0.15) is 22.9 Å². The fraction of sp³-hybridized carbons (Fsp3) is 0.105. The monoisotopic (exact) mass is 303 g/mol. The first kappa shape index (κ1) is 12.3. The number of aliphatic hydroxyl groups excluding tert-OH is 1. The van der Waals surface area contributed by atoms with Crippen LogP contribution in [0.25, 0.3) is 31.4 Å². The summed E-state index contributed by atoms with van der Waals surface area (Å²) in [6.07, 6.45) is -0.584. The lowest BCUT2D eigenvalue weighted by Crippen LogP contribution is -1.96. The molecular weight excluding hydrogens is 290 g/mol. The minimum Gasteiger partial charge on any atom is -0.384 e. The van der Waals surface area contributed by atoms with Gasteiger partial charge in [-0.2, -0.15) is 0 Å². The molecule has 1 aliphatic carbocycles. The lowest BCUT2D eigenvalue weighted by atomic mass is 10.0. The highest BCUT2D eigenvalue weighted by Gasteiger charge is 2.31. The van der Waals surface area contributed by atoms with Crippen molar-refractivity contribution in [1.82, 2.24) is 4.98 Å². The van der Waals surface area contributed by atoms with E-state index in [4.69, 9.17) is 4.98 Å². The zero-order valence-corrected chi connectivity index (χ0v) is 12.8. The molecule has 1 aliphatic rings. The summed E-state index contributed by atoms with van der Waals surface area (Å²) in [5.74, 6) is 0. The molecule has 0 radical (unpaired) electrons. The molecule has 0 saturated heterocycles. The molecule has 5 rings (SSSR count). The molecule has 2 nitrogen and oxygen atoms in total. The van der Waals surface area contributed by atoms with Crippen LogP contribution in [0.3, 0.4) is 0 Å². The molecule has 22 heavy (non-hydrogen) atoms. The summed E-state index contributed by atoms with van der Waals surface area (Å²) in [5, 5.41) is 13.3. The Labute approximate surface area is 131 Å². The third-order valence-corrected chi connectivity index (χ3v) is 5.79. The van der Waals surface area contributed by atoms with Crippen LogP contribution in [0.2, 0.25) is 0 Å². The third-order valence-electron chi connectivity index (χ3n) is 4.51. The second-order valence-corrected chi connectivity index (χ2v) is 6.80. The second-order valence-electron chi connectivity index (χ2n) is 5.75. The largest absolute Gasteiger partial charge is 0.384 e. The van der Waals surface area contributed by atoms with Gasteiger partial charge in [-0.1, -0.05) is 42.5 Å². The van der Waals surface area contributed by atoms with E-state index < -0.39 is 6.10 Å². The van der Waals surface area contributed by atoms with E-state index >= 15 is 0 Å². The maximum absolute atomic E-state index is 10.9. The maximum atomic E-state index is 10.9. The van der Waals surface area contributed by atoms with Crippen LogP contribution in [0.4, 0.5) is 0 Å². The molecule has 2 aromatic carbocycles. The summed E-state index contributed by atoms with van der Waals surface area (Å²) in [6, 6.07) is 16.4. The van der Waals surface area contributed by atoms with Gasteiger partial charge in [-0.15, -0.1) is 11.3 Å². The molecule has 0 bridgehead atoms. The minimum atomic E-state index is -0.584. The van der Waals surface area contributed by atoms with E-state index in [9.17, 15) is 5.11 Å². The molecule has 3 heteroatoms.